The summed E-state index contributed by atoms with van der Waals surface area (Å²) in [6.45, 7) is -0.496. The number of benzene rings is 2. The summed E-state index contributed by atoms with van der Waals surface area (Å²) in [5.74, 6) is -0.428. The van der Waals surface area contributed by atoms with Crippen molar-refractivity contribution in [2.45, 2.75) is 23.7 Å². The molecule has 1 fully saturated rings. The summed E-state index contributed by atoms with van der Waals surface area (Å²) >= 11 is 0. The van der Waals surface area contributed by atoms with Crippen molar-refractivity contribution in [3.63, 3.8) is 0 Å². The van der Waals surface area contributed by atoms with Crippen LogP contribution in [-0.2, 0) is 33.6 Å². The van der Waals surface area contributed by atoms with Gasteiger partial charge in [0.2, 0.25) is 15.9 Å². The number of halogens is 6. The largest absolute Gasteiger partial charge is 0.416 e. The van der Waals surface area contributed by atoms with E-state index in [1.165, 1.54) is 23.1 Å². The lowest BCUT2D eigenvalue weighted by Crippen LogP contribution is -2.50. The molecule has 1 saturated heterocycles. The second-order valence-corrected chi connectivity index (χ2v) is 9.45. The molecular weight excluding hydrogens is 488 g/mol. The monoisotopic (exact) mass is 505 g/mol. The van der Waals surface area contributed by atoms with E-state index in [9.17, 15) is 39.6 Å². The summed E-state index contributed by atoms with van der Waals surface area (Å²) in [5.41, 5.74) is -2.23. The Bertz CT molecular complexity index is 1210. The summed E-state index contributed by atoms with van der Waals surface area (Å²) in [5, 5.41) is 8.97. The van der Waals surface area contributed by atoms with Crippen molar-refractivity contribution in [2.75, 3.05) is 26.2 Å². The highest BCUT2D eigenvalue weighted by Crippen LogP contribution is 2.33. The number of nitrogens with zero attached hydrogens (tertiary/aromatic N) is 3. The Balaban J connectivity index is 1.68. The minimum absolute atomic E-state index is 0.0528. The van der Waals surface area contributed by atoms with Crippen LogP contribution in [0.3, 0.4) is 0 Å². The zero-order valence-corrected chi connectivity index (χ0v) is 18.1. The Morgan fingerprint density at radius 2 is 1.44 bits per heavy atom. The molecule has 2 aromatic rings. The van der Waals surface area contributed by atoms with Gasteiger partial charge in [-0.1, -0.05) is 12.1 Å². The van der Waals surface area contributed by atoms with Crippen molar-refractivity contribution >= 4 is 15.9 Å². The van der Waals surface area contributed by atoms with Crippen LogP contribution in [-0.4, -0.2) is 49.7 Å². The number of carbonyl (C=O) groups is 1. The maximum absolute atomic E-state index is 13.1. The third-order valence-corrected chi connectivity index (χ3v) is 7.11. The van der Waals surface area contributed by atoms with E-state index in [1.54, 1.807) is 0 Å². The van der Waals surface area contributed by atoms with E-state index in [2.05, 4.69) is 0 Å². The molecule has 1 aliphatic heterocycles. The van der Waals surface area contributed by atoms with Crippen LogP contribution >= 0.6 is 0 Å². The van der Waals surface area contributed by atoms with Gasteiger partial charge in [-0.05, 0) is 35.9 Å². The summed E-state index contributed by atoms with van der Waals surface area (Å²) in [4.78, 5) is 13.1. The Morgan fingerprint density at radius 1 is 0.882 bits per heavy atom. The molecule has 0 aromatic heterocycles. The maximum Gasteiger partial charge on any atom is 0.416 e. The minimum atomic E-state index is -4.85. The van der Waals surface area contributed by atoms with Gasteiger partial charge in [0.15, 0.2) is 0 Å². The Hall–Kier alpha value is -3.11. The third-order valence-electron chi connectivity index (χ3n) is 5.23. The fourth-order valence-electron chi connectivity index (χ4n) is 3.40. The standard InChI is InChI=1S/C21H17F6N3O3S/c22-20(23,24)16-3-1-14(2-4-16)11-19(31)29-5-7-30(8-6-29)34(32,33)18-10-15(13-28)9-17(12-18)21(25,26)27/h1-4,9-10,12H,5-8,11H2. The molecule has 0 saturated carbocycles. The first-order chi connectivity index (χ1) is 15.7. The van der Waals surface area contributed by atoms with Crippen molar-refractivity contribution in [1.82, 2.24) is 9.21 Å². The molecule has 0 radical (unpaired) electrons. The number of carbonyl (C=O) groups excluding carboxylic acids is 1. The number of alkyl halides is 6. The van der Waals surface area contributed by atoms with Crippen molar-refractivity contribution in [3.05, 3.63) is 64.7 Å². The van der Waals surface area contributed by atoms with E-state index >= 15 is 0 Å². The molecule has 0 atom stereocenters. The van der Waals surface area contributed by atoms with Crippen LogP contribution in [0.4, 0.5) is 26.3 Å². The number of piperazine rings is 1. The van der Waals surface area contributed by atoms with Crippen LogP contribution in [0.2, 0.25) is 0 Å². The summed E-state index contributed by atoms with van der Waals surface area (Å²) in [7, 11) is -4.37. The second-order valence-electron chi connectivity index (χ2n) is 7.51. The molecule has 34 heavy (non-hydrogen) atoms. The lowest BCUT2D eigenvalue weighted by Gasteiger charge is -2.34. The van der Waals surface area contributed by atoms with Gasteiger partial charge in [-0.15, -0.1) is 0 Å². The van der Waals surface area contributed by atoms with E-state index in [1.807, 2.05) is 0 Å². The van der Waals surface area contributed by atoms with Gasteiger partial charge in [0.1, 0.15) is 0 Å². The smallest absolute Gasteiger partial charge is 0.340 e. The normalized spacial score (nSPS) is 15.7. The van der Waals surface area contributed by atoms with E-state index in [4.69, 9.17) is 5.26 Å². The van der Waals surface area contributed by atoms with Crippen molar-refractivity contribution in [3.8, 4) is 6.07 Å². The fourth-order valence-corrected chi connectivity index (χ4v) is 4.90. The van der Waals surface area contributed by atoms with Gasteiger partial charge in [-0.3, -0.25) is 4.79 Å². The molecule has 0 aliphatic carbocycles. The number of rotatable bonds is 4. The Morgan fingerprint density at radius 3 is 1.94 bits per heavy atom. The van der Waals surface area contributed by atoms with Crippen LogP contribution in [0.25, 0.3) is 0 Å². The van der Waals surface area contributed by atoms with Gasteiger partial charge in [0, 0.05) is 26.2 Å². The van der Waals surface area contributed by atoms with Crippen molar-refractivity contribution in [2.24, 2.45) is 0 Å². The number of hydrogen-bond donors (Lipinski definition) is 0. The highest BCUT2D eigenvalue weighted by Gasteiger charge is 2.35. The molecule has 3 rings (SSSR count). The molecule has 182 valence electrons. The first-order valence-electron chi connectivity index (χ1n) is 9.78. The highest BCUT2D eigenvalue weighted by molar-refractivity contribution is 7.89. The van der Waals surface area contributed by atoms with Gasteiger partial charge >= 0.3 is 12.4 Å². The van der Waals surface area contributed by atoms with E-state index in [0.717, 1.165) is 22.5 Å². The van der Waals surface area contributed by atoms with Gasteiger partial charge < -0.3 is 4.90 Å². The summed E-state index contributed by atoms with van der Waals surface area (Å²) < 4.78 is 104. The summed E-state index contributed by atoms with van der Waals surface area (Å²) in [6.07, 6.45) is -9.54. The fraction of sp³-hybridized carbons (Fsp3) is 0.333. The predicted octanol–water partition coefficient (Wildman–Crippen LogP) is 3.67. The van der Waals surface area contributed by atoms with Gasteiger partial charge in [0.25, 0.3) is 0 Å². The topological polar surface area (TPSA) is 81.5 Å². The molecule has 1 amide bonds. The molecule has 0 unspecified atom stereocenters. The number of nitriles is 1. The Labute approximate surface area is 191 Å². The van der Waals surface area contributed by atoms with Crippen molar-refractivity contribution < 1.29 is 39.6 Å². The lowest BCUT2D eigenvalue weighted by molar-refractivity contribution is -0.138. The molecule has 0 spiro atoms. The van der Waals surface area contributed by atoms with Gasteiger partial charge in [0.05, 0.1) is 34.1 Å². The first-order valence-corrected chi connectivity index (χ1v) is 11.2. The zero-order chi connectivity index (χ0) is 25.3. The maximum atomic E-state index is 13.1. The van der Waals surface area contributed by atoms with Crippen LogP contribution < -0.4 is 0 Å². The first kappa shape index (κ1) is 25.5. The van der Waals surface area contributed by atoms with Crippen molar-refractivity contribution in [1.29, 1.82) is 5.26 Å². The quantitative estimate of drug-likeness (QED) is 0.594. The number of hydrogen-bond acceptors (Lipinski definition) is 4. The van der Waals surface area contributed by atoms with Crippen LogP contribution in [0.5, 0.6) is 0 Å². The molecule has 6 nitrogen and oxygen atoms in total. The average Bonchev–Trinajstić information content (AvgIpc) is 2.78. The molecule has 0 bridgehead atoms. The SMILES string of the molecule is N#Cc1cc(C(F)(F)F)cc(S(=O)(=O)N2CCN(C(=O)Cc3ccc(C(F)(F)F)cc3)CC2)c1. The lowest BCUT2D eigenvalue weighted by atomic mass is 10.1. The molecule has 2 aromatic carbocycles. The third kappa shape index (κ3) is 5.68. The Kier molecular flexibility index (Phi) is 6.95. The van der Waals surface area contributed by atoms with Gasteiger partial charge in [-0.2, -0.15) is 35.9 Å². The minimum Gasteiger partial charge on any atom is -0.340 e. The molecular formula is C21H17F6N3O3S. The molecule has 13 heteroatoms. The molecule has 1 heterocycles. The molecule has 1 aliphatic rings. The van der Waals surface area contributed by atoms with Crippen LogP contribution in [0, 0.1) is 11.3 Å². The second kappa shape index (κ2) is 9.27. The zero-order valence-electron chi connectivity index (χ0n) is 17.3. The average molecular weight is 505 g/mol. The highest BCUT2D eigenvalue weighted by atomic mass is 32.2. The number of amides is 1. The van der Waals surface area contributed by atoms with Gasteiger partial charge in [-0.25, -0.2) is 8.42 Å². The molecule has 0 N–H and O–H groups in total. The predicted molar refractivity (Wildman–Crippen MR) is 107 cm³/mol. The van der Waals surface area contributed by atoms with E-state index in [0.29, 0.717) is 17.7 Å². The van der Waals surface area contributed by atoms with Crippen LogP contribution in [0.15, 0.2) is 47.4 Å². The van der Waals surface area contributed by atoms with E-state index in [-0.39, 0.29) is 32.6 Å². The van der Waals surface area contributed by atoms with E-state index < -0.39 is 49.9 Å². The van der Waals surface area contributed by atoms with Crippen LogP contribution in [0.1, 0.15) is 22.3 Å². The summed E-state index contributed by atoms with van der Waals surface area (Å²) in [6, 6.07) is 7.46. The number of sulfonamides is 1.